The maximum absolute atomic E-state index is 11.5. The monoisotopic (exact) mass is 293 g/mol. The summed E-state index contributed by atoms with van der Waals surface area (Å²) in [5.41, 5.74) is -1.25. The van der Waals surface area contributed by atoms with Crippen LogP contribution in [0.5, 0.6) is 0 Å². The standard InChI is InChI=1S/C18H31NO2/c1-14(2,3)11-10-17(15(4,5)6)13(21-17)18(20,12(11)19)16(7,8)9/h10,13,19-20H,1-9H3. The molecule has 0 radical (unpaired) electrons. The molecule has 0 spiro atoms. The van der Waals surface area contributed by atoms with E-state index < -0.39 is 16.6 Å². The molecule has 2 rings (SSSR count). The van der Waals surface area contributed by atoms with Crippen LogP contribution < -0.4 is 0 Å². The van der Waals surface area contributed by atoms with Crippen LogP contribution in [0.3, 0.4) is 0 Å². The molecular formula is C18H31NO2. The van der Waals surface area contributed by atoms with Crippen LogP contribution in [0.2, 0.25) is 0 Å². The van der Waals surface area contributed by atoms with Gasteiger partial charge in [0.1, 0.15) is 17.3 Å². The van der Waals surface area contributed by atoms with E-state index in [4.69, 9.17) is 10.1 Å². The molecule has 0 saturated carbocycles. The molecule has 0 aromatic carbocycles. The van der Waals surface area contributed by atoms with Gasteiger partial charge in [0.15, 0.2) is 0 Å². The van der Waals surface area contributed by atoms with Gasteiger partial charge in [0.25, 0.3) is 0 Å². The Bertz CT molecular complexity index is 513. The molecular weight excluding hydrogens is 262 g/mol. The molecule has 2 aliphatic rings. The number of aliphatic hydroxyl groups is 1. The summed E-state index contributed by atoms with van der Waals surface area (Å²) in [7, 11) is 0. The summed E-state index contributed by atoms with van der Waals surface area (Å²) in [6.45, 7) is 18.7. The molecule has 0 bridgehead atoms. The topological polar surface area (TPSA) is 56.6 Å². The lowest BCUT2D eigenvalue weighted by Crippen LogP contribution is -2.60. The molecule has 0 aromatic rings. The van der Waals surface area contributed by atoms with Gasteiger partial charge in [0, 0.05) is 0 Å². The molecule has 3 unspecified atom stereocenters. The predicted octanol–water partition coefficient (Wildman–Crippen LogP) is 3.95. The van der Waals surface area contributed by atoms with Gasteiger partial charge < -0.3 is 15.3 Å². The van der Waals surface area contributed by atoms with Gasteiger partial charge in [0.2, 0.25) is 0 Å². The zero-order chi connectivity index (χ0) is 16.6. The summed E-state index contributed by atoms with van der Waals surface area (Å²) in [4.78, 5) is 0. The summed E-state index contributed by atoms with van der Waals surface area (Å²) >= 11 is 0. The van der Waals surface area contributed by atoms with Crippen molar-refractivity contribution in [2.75, 3.05) is 0 Å². The highest BCUT2D eigenvalue weighted by Crippen LogP contribution is 2.63. The Hall–Kier alpha value is -0.670. The molecule has 3 nitrogen and oxygen atoms in total. The maximum atomic E-state index is 11.5. The molecule has 0 amide bonds. The van der Waals surface area contributed by atoms with Gasteiger partial charge in [-0.1, -0.05) is 62.3 Å². The van der Waals surface area contributed by atoms with Gasteiger partial charge in [0.05, 0.1) is 5.71 Å². The van der Waals surface area contributed by atoms with E-state index in [9.17, 15) is 5.11 Å². The average Bonchev–Trinajstić information content (AvgIpc) is 2.95. The Morgan fingerprint density at radius 1 is 1.00 bits per heavy atom. The molecule has 3 heteroatoms. The lowest BCUT2D eigenvalue weighted by atomic mass is 9.58. The average molecular weight is 293 g/mol. The Morgan fingerprint density at radius 2 is 1.48 bits per heavy atom. The van der Waals surface area contributed by atoms with Crippen molar-refractivity contribution in [2.45, 2.75) is 79.6 Å². The summed E-state index contributed by atoms with van der Waals surface area (Å²) in [6.07, 6.45) is 1.78. The van der Waals surface area contributed by atoms with Crippen molar-refractivity contribution < 1.29 is 9.84 Å². The van der Waals surface area contributed by atoms with E-state index in [1.807, 2.05) is 20.8 Å². The second-order valence-corrected chi connectivity index (χ2v) is 9.74. The van der Waals surface area contributed by atoms with Gasteiger partial charge in [-0.2, -0.15) is 0 Å². The van der Waals surface area contributed by atoms with E-state index in [2.05, 4.69) is 47.6 Å². The molecule has 2 N–H and O–H groups in total. The number of epoxide rings is 1. The van der Waals surface area contributed by atoms with Gasteiger partial charge in [-0.05, 0) is 27.9 Å². The summed E-state index contributed by atoms with van der Waals surface area (Å²) < 4.78 is 6.10. The van der Waals surface area contributed by atoms with Gasteiger partial charge in [-0.25, -0.2) is 0 Å². The number of nitrogens with one attached hydrogen (secondary N) is 1. The Labute approximate surface area is 129 Å². The summed E-state index contributed by atoms with van der Waals surface area (Å²) in [6, 6.07) is 0. The Kier molecular flexibility index (Phi) is 3.17. The fourth-order valence-corrected chi connectivity index (χ4v) is 3.44. The molecule has 1 aliphatic carbocycles. The Morgan fingerprint density at radius 3 is 1.81 bits per heavy atom. The first-order valence-electron chi connectivity index (χ1n) is 7.82. The fraction of sp³-hybridized carbons (Fsp3) is 0.833. The lowest BCUT2D eigenvalue weighted by molar-refractivity contribution is -0.0197. The van der Waals surface area contributed by atoms with Gasteiger partial charge in [-0.3, -0.25) is 0 Å². The van der Waals surface area contributed by atoms with Gasteiger partial charge >= 0.3 is 0 Å². The molecule has 1 fully saturated rings. The predicted molar refractivity (Wildman–Crippen MR) is 86.7 cm³/mol. The normalized spacial score (nSPS) is 37.1. The van der Waals surface area contributed by atoms with Crippen molar-refractivity contribution >= 4 is 5.71 Å². The minimum absolute atomic E-state index is 0.117. The molecule has 3 atom stereocenters. The minimum atomic E-state index is -1.25. The molecule has 1 aliphatic heterocycles. The molecule has 1 saturated heterocycles. The molecule has 0 aromatic heterocycles. The van der Waals surface area contributed by atoms with E-state index in [1.54, 1.807) is 0 Å². The number of ether oxygens (including phenoxy) is 1. The van der Waals surface area contributed by atoms with E-state index in [1.165, 1.54) is 0 Å². The van der Waals surface area contributed by atoms with Crippen molar-refractivity contribution in [3.8, 4) is 0 Å². The maximum Gasteiger partial charge on any atom is 0.140 e. The number of rotatable bonds is 0. The third-order valence-electron chi connectivity index (χ3n) is 5.16. The highest BCUT2D eigenvalue weighted by atomic mass is 16.6. The first kappa shape index (κ1) is 16.7. The van der Waals surface area contributed by atoms with Crippen molar-refractivity contribution in [3.05, 3.63) is 11.6 Å². The van der Waals surface area contributed by atoms with Crippen LogP contribution in [0.15, 0.2) is 11.6 Å². The third-order valence-corrected chi connectivity index (χ3v) is 5.16. The van der Waals surface area contributed by atoms with Crippen LogP contribution in [0.1, 0.15) is 62.3 Å². The second-order valence-electron chi connectivity index (χ2n) is 9.74. The molecule has 21 heavy (non-hydrogen) atoms. The summed E-state index contributed by atoms with van der Waals surface area (Å²) in [5.74, 6) is 0. The zero-order valence-electron chi connectivity index (χ0n) is 15.0. The SMILES string of the molecule is CC(C)(C)C1=CC2(C(C)(C)C)OC2C(O)(C(C)(C)C)C1=N. The van der Waals surface area contributed by atoms with E-state index in [-0.39, 0.29) is 16.9 Å². The second kappa shape index (κ2) is 3.99. The molecule has 120 valence electrons. The first-order chi connectivity index (χ1) is 9.09. The van der Waals surface area contributed by atoms with Crippen LogP contribution in [-0.2, 0) is 4.74 Å². The van der Waals surface area contributed by atoms with E-state index >= 15 is 0 Å². The summed E-state index contributed by atoms with van der Waals surface area (Å²) in [5, 5.41) is 20.1. The quantitative estimate of drug-likeness (QED) is 0.664. The van der Waals surface area contributed by atoms with Crippen LogP contribution in [0.25, 0.3) is 0 Å². The zero-order valence-corrected chi connectivity index (χ0v) is 15.0. The fourth-order valence-electron chi connectivity index (χ4n) is 3.44. The number of fused-ring (bicyclic) bond motifs is 1. The third kappa shape index (κ3) is 2.04. The van der Waals surface area contributed by atoms with E-state index in [0.717, 1.165) is 5.57 Å². The largest absolute Gasteiger partial charge is 0.380 e. The smallest absolute Gasteiger partial charge is 0.140 e. The van der Waals surface area contributed by atoms with Crippen molar-refractivity contribution in [3.63, 3.8) is 0 Å². The van der Waals surface area contributed by atoms with Gasteiger partial charge in [-0.15, -0.1) is 0 Å². The van der Waals surface area contributed by atoms with Crippen LogP contribution >= 0.6 is 0 Å². The number of hydrogen-bond donors (Lipinski definition) is 2. The van der Waals surface area contributed by atoms with Crippen molar-refractivity contribution in [1.29, 1.82) is 5.41 Å². The van der Waals surface area contributed by atoms with Crippen molar-refractivity contribution in [2.24, 2.45) is 16.2 Å². The highest BCUT2D eigenvalue weighted by molar-refractivity contribution is 6.08. The van der Waals surface area contributed by atoms with Crippen molar-refractivity contribution in [1.82, 2.24) is 0 Å². The van der Waals surface area contributed by atoms with Crippen LogP contribution in [0.4, 0.5) is 0 Å². The lowest BCUT2D eigenvalue weighted by Gasteiger charge is -2.47. The van der Waals surface area contributed by atoms with Crippen LogP contribution in [0, 0.1) is 21.7 Å². The highest BCUT2D eigenvalue weighted by Gasteiger charge is 2.75. The number of hydrogen-bond acceptors (Lipinski definition) is 3. The minimum Gasteiger partial charge on any atom is -0.380 e. The first-order valence-corrected chi connectivity index (χ1v) is 7.82. The van der Waals surface area contributed by atoms with E-state index in [0.29, 0.717) is 5.71 Å². The van der Waals surface area contributed by atoms with Crippen LogP contribution in [-0.4, -0.2) is 28.1 Å². The molecule has 1 heterocycles. The Balaban J connectivity index is 2.69.